The van der Waals surface area contributed by atoms with Gasteiger partial charge in [-0.25, -0.2) is 4.39 Å². The molecule has 86 valence electrons. The smallest absolute Gasteiger partial charge is 0.323 e. The number of nitrogens with zero attached hydrogens (tertiary/aromatic N) is 1. The predicted octanol–water partition coefficient (Wildman–Crippen LogP) is 2.68. The highest BCUT2D eigenvalue weighted by molar-refractivity contribution is 5.85. The fourth-order valence-electron chi connectivity index (χ4n) is 0.939. The summed E-state index contributed by atoms with van der Waals surface area (Å²) in [5.41, 5.74) is 4.01. The van der Waals surface area contributed by atoms with Crippen LogP contribution in [-0.2, 0) is 6.18 Å². The van der Waals surface area contributed by atoms with Crippen molar-refractivity contribution in [2.45, 2.75) is 19.1 Å². The zero-order valence-electron chi connectivity index (χ0n) is 7.68. The van der Waals surface area contributed by atoms with Gasteiger partial charge in [0.2, 0.25) is 0 Å². The summed E-state index contributed by atoms with van der Waals surface area (Å²) >= 11 is 0. The molecule has 0 saturated carbocycles. The molecule has 2 N–H and O–H groups in total. The molecule has 1 aromatic rings. The Morgan fingerprint density at radius 2 is 1.93 bits per heavy atom. The molecule has 1 aromatic heterocycles. The Kier molecular flexibility index (Phi) is 4.48. The van der Waals surface area contributed by atoms with E-state index in [0.717, 1.165) is 0 Å². The van der Waals surface area contributed by atoms with Gasteiger partial charge in [0, 0.05) is 12.2 Å². The molecule has 1 heterocycles. The van der Waals surface area contributed by atoms with Crippen LogP contribution in [0, 0.1) is 5.82 Å². The van der Waals surface area contributed by atoms with E-state index in [4.69, 9.17) is 5.73 Å². The molecule has 1 atom stereocenters. The van der Waals surface area contributed by atoms with Gasteiger partial charge in [0.15, 0.2) is 0 Å². The largest absolute Gasteiger partial charge is 0.417 e. The highest BCUT2D eigenvalue weighted by atomic mass is 35.5. The summed E-state index contributed by atoms with van der Waals surface area (Å²) in [7, 11) is 0. The number of alkyl halides is 3. The van der Waals surface area contributed by atoms with Crippen LogP contribution in [0.4, 0.5) is 17.6 Å². The third-order valence-corrected chi connectivity index (χ3v) is 1.63. The van der Waals surface area contributed by atoms with Gasteiger partial charge in [0.1, 0.15) is 5.82 Å². The van der Waals surface area contributed by atoms with Crippen LogP contribution in [0.25, 0.3) is 0 Å². The standard InChI is InChI=1S/C8H8F4N2.ClH/c1-4(13)7-6(9)2-5(3-14-7)8(10,11)12;/h2-4H,13H2,1H3;1H. The number of hydrogen-bond donors (Lipinski definition) is 1. The van der Waals surface area contributed by atoms with E-state index in [1.54, 1.807) is 0 Å². The van der Waals surface area contributed by atoms with Crippen molar-refractivity contribution in [2.24, 2.45) is 5.73 Å². The molecule has 0 saturated heterocycles. The second kappa shape index (κ2) is 4.76. The number of hydrogen-bond acceptors (Lipinski definition) is 2. The van der Waals surface area contributed by atoms with Crippen LogP contribution >= 0.6 is 12.4 Å². The van der Waals surface area contributed by atoms with Gasteiger partial charge < -0.3 is 5.73 Å². The molecule has 15 heavy (non-hydrogen) atoms. The topological polar surface area (TPSA) is 38.9 Å². The highest BCUT2D eigenvalue weighted by Crippen LogP contribution is 2.29. The molecule has 0 aliphatic carbocycles. The summed E-state index contributed by atoms with van der Waals surface area (Å²) in [5, 5.41) is 0. The number of rotatable bonds is 1. The van der Waals surface area contributed by atoms with Gasteiger partial charge in [-0.15, -0.1) is 12.4 Å². The van der Waals surface area contributed by atoms with E-state index in [2.05, 4.69) is 4.98 Å². The normalized spacial score (nSPS) is 13.2. The summed E-state index contributed by atoms with van der Waals surface area (Å²) in [5.74, 6) is -1.03. The van der Waals surface area contributed by atoms with Crippen LogP contribution in [0.1, 0.15) is 24.2 Å². The molecular formula is C8H9ClF4N2. The SMILES string of the molecule is CC(N)c1ncc(C(F)(F)F)cc1F.Cl. The van der Waals surface area contributed by atoms with E-state index in [1.165, 1.54) is 6.92 Å². The summed E-state index contributed by atoms with van der Waals surface area (Å²) < 4.78 is 49.2. The molecule has 0 fully saturated rings. The zero-order valence-corrected chi connectivity index (χ0v) is 8.49. The lowest BCUT2D eigenvalue weighted by atomic mass is 10.2. The molecular weight excluding hydrogens is 236 g/mol. The maximum absolute atomic E-state index is 13.0. The van der Waals surface area contributed by atoms with Gasteiger partial charge in [0.25, 0.3) is 0 Å². The first-order valence-corrected chi connectivity index (χ1v) is 3.80. The maximum Gasteiger partial charge on any atom is 0.417 e. The maximum atomic E-state index is 13.0. The lowest BCUT2D eigenvalue weighted by molar-refractivity contribution is -0.138. The van der Waals surface area contributed by atoms with Crippen molar-refractivity contribution in [1.29, 1.82) is 0 Å². The van der Waals surface area contributed by atoms with Crippen LogP contribution in [0.15, 0.2) is 12.3 Å². The van der Waals surface area contributed by atoms with E-state index in [0.29, 0.717) is 12.3 Å². The van der Waals surface area contributed by atoms with Gasteiger partial charge in [-0.1, -0.05) is 0 Å². The number of nitrogens with two attached hydrogens (primary N) is 1. The summed E-state index contributed by atoms with van der Waals surface area (Å²) in [6.45, 7) is 1.44. The van der Waals surface area contributed by atoms with Gasteiger partial charge in [-0.3, -0.25) is 4.98 Å². The van der Waals surface area contributed by atoms with Crippen LogP contribution < -0.4 is 5.73 Å². The van der Waals surface area contributed by atoms with Crippen molar-refractivity contribution in [3.05, 3.63) is 29.3 Å². The Bertz CT molecular complexity index is 338. The van der Waals surface area contributed by atoms with Gasteiger partial charge in [0.05, 0.1) is 11.3 Å². The van der Waals surface area contributed by atoms with E-state index in [-0.39, 0.29) is 18.1 Å². The molecule has 0 radical (unpaired) electrons. The lowest BCUT2D eigenvalue weighted by Crippen LogP contribution is -2.13. The molecule has 7 heteroatoms. The van der Waals surface area contributed by atoms with Gasteiger partial charge in [-0.2, -0.15) is 13.2 Å². The average Bonchev–Trinajstić information content (AvgIpc) is 2.01. The minimum atomic E-state index is -4.58. The minimum Gasteiger partial charge on any atom is -0.323 e. The molecule has 0 aliphatic heterocycles. The predicted molar refractivity (Wildman–Crippen MR) is 49.0 cm³/mol. The van der Waals surface area contributed by atoms with Crippen molar-refractivity contribution in [3.8, 4) is 0 Å². The Labute approximate surface area is 89.9 Å². The second-order valence-corrected chi connectivity index (χ2v) is 2.88. The number of halogens is 5. The Hall–Kier alpha value is -0.880. The number of aromatic nitrogens is 1. The van der Waals surface area contributed by atoms with Crippen LogP contribution in [0.5, 0.6) is 0 Å². The molecule has 2 nitrogen and oxygen atoms in total. The molecule has 0 amide bonds. The second-order valence-electron chi connectivity index (χ2n) is 2.88. The Balaban J connectivity index is 0.00000196. The van der Waals surface area contributed by atoms with Crippen LogP contribution in [0.2, 0.25) is 0 Å². The Morgan fingerprint density at radius 1 is 1.40 bits per heavy atom. The van der Waals surface area contributed by atoms with Gasteiger partial charge >= 0.3 is 6.18 Å². The van der Waals surface area contributed by atoms with E-state index >= 15 is 0 Å². The molecule has 0 aliphatic rings. The average molecular weight is 245 g/mol. The van der Waals surface area contributed by atoms with E-state index in [9.17, 15) is 17.6 Å². The van der Waals surface area contributed by atoms with Crippen LogP contribution in [0.3, 0.4) is 0 Å². The molecule has 0 bridgehead atoms. The first-order chi connectivity index (χ1) is 6.32. The fourth-order valence-corrected chi connectivity index (χ4v) is 0.939. The van der Waals surface area contributed by atoms with Crippen molar-refractivity contribution >= 4 is 12.4 Å². The molecule has 1 rings (SSSR count). The molecule has 0 spiro atoms. The first-order valence-electron chi connectivity index (χ1n) is 3.80. The van der Waals surface area contributed by atoms with Crippen molar-refractivity contribution in [2.75, 3.05) is 0 Å². The fraction of sp³-hybridized carbons (Fsp3) is 0.375. The third kappa shape index (κ3) is 3.32. The van der Waals surface area contributed by atoms with E-state index in [1.807, 2.05) is 0 Å². The van der Waals surface area contributed by atoms with Crippen LogP contribution in [-0.4, -0.2) is 4.98 Å². The monoisotopic (exact) mass is 244 g/mol. The number of pyridine rings is 1. The third-order valence-electron chi connectivity index (χ3n) is 1.63. The Morgan fingerprint density at radius 3 is 2.27 bits per heavy atom. The first kappa shape index (κ1) is 14.1. The lowest BCUT2D eigenvalue weighted by Gasteiger charge is -2.09. The van der Waals surface area contributed by atoms with Gasteiger partial charge in [-0.05, 0) is 13.0 Å². The zero-order chi connectivity index (χ0) is 10.9. The summed E-state index contributed by atoms with van der Waals surface area (Å²) in [6, 6.07) is -0.330. The van der Waals surface area contributed by atoms with Crippen molar-refractivity contribution in [1.82, 2.24) is 4.98 Å². The summed E-state index contributed by atoms with van der Waals surface area (Å²) in [6.07, 6.45) is -4.01. The van der Waals surface area contributed by atoms with E-state index < -0.39 is 23.6 Å². The van der Waals surface area contributed by atoms with Crippen molar-refractivity contribution < 1.29 is 17.6 Å². The highest BCUT2D eigenvalue weighted by Gasteiger charge is 2.32. The quantitative estimate of drug-likeness (QED) is 0.772. The summed E-state index contributed by atoms with van der Waals surface area (Å²) in [4.78, 5) is 3.32. The van der Waals surface area contributed by atoms with Crippen molar-refractivity contribution in [3.63, 3.8) is 0 Å². The molecule has 0 aromatic carbocycles. The molecule has 1 unspecified atom stereocenters. The minimum absolute atomic E-state index is 0.